The highest BCUT2D eigenvalue weighted by Gasteiger charge is 2.43. The van der Waals surface area contributed by atoms with E-state index in [0.717, 1.165) is 30.5 Å². The van der Waals surface area contributed by atoms with Crippen molar-refractivity contribution in [3.05, 3.63) is 49.2 Å². The molecule has 0 spiro atoms. The minimum Gasteiger partial charge on any atom is -0.457 e. The lowest BCUT2D eigenvalue weighted by Gasteiger charge is -2.43. The van der Waals surface area contributed by atoms with Crippen molar-refractivity contribution >= 4 is 28.2 Å². The Kier molecular flexibility index (Phi) is 15.5. The van der Waals surface area contributed by atoms with Crippen molar-refractivity contribution in [1.82, 2.24) is 4.98 Å². The summed E-state index contributed by atoms with van der Waals surface area (Å²) in [5.41, 5.74) is 1.67. The molecule has 0 fully saturated rings. The van der Waals surface area contributed by atoms with Crippen LogP contribution in [0.3, 0.4) is 0 Å². The van der Waals surface area contributed by atoms with Crippen molar-refractivity contribution in [2.75, 3.05) is 7.11 Å². The fourth-order valence-corrected chi connectivity index (χ4v) is 7.10. The summed E-state index contributed by atoms with van der Waals surface area (Å²) < 4.78 is 31.2. The Morgan fingerprint density at radius 3 is 2.04 bits per heavy atom. The third-order valence-corrected chi connectivity index (χ3v) is 18.6. The number of aryl methyl sites for hydroxylation is 1. The zero-order valence-electron chi connectivity index (χ0n) is 31.2. The number of hydrogen-bond acceptors (Lipinski definition) is 7. The summed E-state index contributed by atoms with van der Waals surface area (Å²) in [7, 11) is -2.53. The number of aromatic nitrogens is 1. The van der Waals surface area contributed by atoms with E-state index in [4.69, 9.17) is 22.7 Å². The van der Waals surface area contributed by atoms with Gasteiger partial charge in [0.1, 0.15) is 24.2 Å². The molecule has 0 saturated carbocycles. The first-order valence-corrected chi connectivity index (χ1v) is 22.3. The van der Waals surface area contributed by atoms with Gasteiger partial charge in [0.05, 0.1) is 12.2 Å². The number of methoxy groups -OCH3 is 1. The summed E-state index contributed by atoms with van der Waals surface area (Å²) in [5, 5.41) is 0.0500. The molecule has 0 aromatic carbocycles. The first-order chi connectivity index (χ1) is 20.5. The van der Waals surface area contributed by atoms with E-state index in [2.05, 4.69) is 92.8 Å². The quantitative estimate of drug-likeness (QED) is 0.0669. The SMILES string of the molecule is C=C[C@H](O[Si](C)(C)C(C)(C)C)[C@@H](C)/C=C/C(=O)OC(C)[C@H](O[Si](C)(C)C(C)(C)C)[C@H](C[C@@H](C)CCc1nc(C(=C)C)co1)OC. The topological polar surface area (TPSA) is 80.0 Å². The van der Waals surface area contributed by atoms with Gasteiger partial charge in [-0.15, -0.1) is 6.58 Å². The summed E-state index contributed by atoms with van der Waals surface area (Å²) in [6, 6.07) is 0. The zero-order valence-corrected chi connectivity index (χ0v) is 33.2. The number of esters is 1. The van der Waals surface area contributed by atoms with Crippen molar-refractivity contribution in [2.45, 2.75) is 149 Å². The van der Waals surface area contributed by atoms with Crippen molar-refractivity contribution in [1.29, 1.82) is 0 Å². The van der Waals surface area contributed by atoms with Crippen LogP contribution in [0.2, 0.25) is 36.3 Å². The van der Waals surface area contributed by atoms with E-state index in [9.17, 15) is 4.79 Å². The van der Waals surface area contributed by atoms with Gasteiger partial charge in [0.15, 0.2) is 22.5 Å². The van der Waals surface area contributed by atoms with Crippen molar-refractivity contribution in [2.24, 2.45) is 11.8 Å². The molecule has 6 atom stereocenters. The van der Waals surface area contributed by atoms with E-state index in [0.29, 0.717) is 11.8 Å². The molecular weight excluding hydrogens is 599 g/mol. The molecule has 1 aromatic heterocycles. The molecule has 45 heavy (non-hydrogen) atoms. The van der Waals surface area contributed by atoms with Crippen LogP contribution in [0, 0.1) is 11.8 Å². The first kappa shape index (κ1) is 41.2. The molecule has 9 heteroatoms. The van der Waals surface area contributed by atoms with Gasteiger partial charge >= 0.3 is 5.97 Å². The Morgan fingerprint density at radius 1 is 1.02 bits per heavy atom. The number of allylic oxidation sites excluding steroid dienone is 1. The summed E-state index contributed by atoms with van der Waals surface area (Å²) in [5.74, 6) is 0.551. The van der Waals surface area contributed by atoms with Gasteiger partial charge in [0.2, 0.25) is 0 Å². The highest BCUT2D eigenvalue weighted by molar-refractivity contribution is 6.74. The van der Waals surface area contributed by atoms with E-state index in [1.165, 1.54) is 6.08 Å². The van der Waals surface area contributed by atoms with E-state index >= 15 is 0 Å². The maximum atomic E-state index is 13.1. The highest BCUT2D eigenvalue weighted by Crippen LogP contribution is 2.40. The molecule has 0 amide bonds. The predicted molar refractivity (Wildman–Crippen MR) is 192 cm³/mol. The highest BCUT2D eigenvalue weighted by atomic mass is 28.4. The molecule has 7 nitrogen and oxygen atoms in total. The summed E-state index contributed by atoms with van der Waals surface area (Å²) in [4.78, 5) is 17.7. The minimum absolute atomic E-state index is 0.0238. The van der Waals surface area contributed by atoms with E-state index < -0.39 is 34.8 Å². The zero-order chi connectivity index (χ0) is 35.0. The second kappa shape index (κ2) is 16.9. The number of oxazole rings is 1. The molecule has 1 aromatic rings. The molecule has 0 N–H and O–H groups in total. The van der Waals surface area contributed by atoms with Crippen LogP contribution in [0.4, 0.5) is 0 Å². The van der Waals surface area contributed by atoms with E-state index in [1.807, 2.05) is 32.9 Å². The third kappa shape index (κ3) is 12.7. The van der Waals surface area contributed by atoms with Crippen LogP contribution in [0.25, 0.3) is 5.57 Å². The average Bonchev–Trinajstić information content (AvgIpc) is 3.39. The average molecular weight is 664 g/mol. The number of carbonyl (C=O) groups excluding carboxylic acids is 1. The Labute approximate surface area is 277 Å². The summed E-state index contributed by atoms with van der Waals surface area (Å²) >= 11 is 0. The summed E-state index contributed by atoms with van der Waals surface area (Å²) in [6.45, 7) is 38.1. The van der Waals surface area contributed by atoms with Crippen LogP contribution in [0.5, 0.6) is 0 Å². The van der Waals surface area contributed by atoms with Crippen molar-refractivity contribution in [3.8, 4) is 0 Å². The molecule has 0 aliphatic rings. The van der Waals surface area contributed by atoms with Crippen LogP contribution in [-0.4, -0.2) is 59.1 Å². The van der Waals surface area contributed by atoms with Crippen LogP contribution in [-0.2, 0) is 29.5 Å². The maximum absolute atomic E-state index is 13.1. The minimum atomic E-state index is -2.23. The lowest BCUT2D eigenvalue weighted by Crippen LogP contribution is -2.52. The van der Waals surface area contributed by atoms with Crippen LogP contribution in [0.15, 0.2) is 42.1 Å². The van der Waals surface area contributed by atoms with Crippen LogP contribution >= 0.6 is 0 Å². The number of rotatable bonds is 18. The van der Waals surface area contributed by atoms with Crippen LogP contribution < -0.4 is 0 Å². The smallest absolute Gasteiger partial charge is 0.330 e. The Bertz CT molecular complexity index is 1130. The lowest BCUT2D eigenvalue weighted by molar-refractivity contribution is -0.152. The van der Waals surface area contributed by atoms with Crippen molar-refractivity contribution in [3.63, 3.8) is 0 Å². The van der Waals surface area contributed by atoms with E-state index in [1.54, 1.807) is 13.4 Å². The Hall–Kier alpha value is -1.79. The van der Waals surface area contributed by atoms with Gasteiger partial charge < -0.3 is 22.7 Å². The largest absolute Gasteiger partial charge is 0.457 e. The number of carbonyl (C=O) groups is 1. The lowest BCUT2D eigenvalue weighted by atomic mass is 9.94. The second-order valence-corrected chi connectivity index (χ2v) is 25.4. The monoisotopic (exact) mass is 663 g/mol. The molecule has 258 valence electrons. The van der Waals surface area contributed by atoms with Gasteiger partial charge in [-0.3, -0.25) is 0 Å². The molecule has 0 bridgehead atoms. The summed E-state index contributed by atoms with van der Waals surface area (Å²) in [6.07, 6.45) is 7.79. The van der Waals surface area contributed by atoms with Gasteiger partial charge in [0, 0.05) is 25.5 Å². The number of hydrogen-bond donors (Lipinski definition) is 0. The maximum Gasteiger partial charge on any atom is 0.330 e. The molecule has 0 aliphatic heterocycles. The van der Waals surface area contributed by atoms with Gasteiger partial charge in [-0.25, -0.2) is 9.78 Å². The van der Waals surface area contributed by atoms with Gasteiger partial charge in [0.25, 0.3) is 0 Å². The predicted octanol–water partition coefficient (Wildman–Crippen LogP) is 9.77. The fraction of sp³-hybridized carbons (Fsp3) is 0.722. The molecule has 0 radical (unpaired) electrons. The standard InChI is InChI=1S/C36H65NO6Si2/c1-18-30(42-44(14,15)35(7,8)9)27(5)20-22-33(38)41-28(6)34(43-45(16,17)36(10,11)12)31(39-13)23-26(4)19-21-32-37-29(24-40-32)25(2)3/h18,20,22,24,26-28,30-31,34H,1-2,19,21,23H2,3-17H3/b22-20+/t26-,27-,28?,30-,31-,34-/m0/s1. The number of nitrogens with zero attached hydrogens (tertiary/aromatic N) is 1. The molecular formula is C36H65NO6Si2. The van der Waals surface area contributed by atoms with E-state index in [-0.39, 0.29) is 28.2 Å². The van der Waals surface area contributed by atoms with Gasteiger partial charge in [-0.1, -0.05) is 74.1 Å². The normalized spacial score (nSPS) is 17.4. The molecule has 0 aliphatic carbocycles. The second-order valence-electron chi connectivity index (χ2n) is 15.8. The van der Waals surface area contributed by atoms with Crippen LogP contribution in [0.1, 0.15) is 93.7 Å². The Balaban J connectivity index is 3.07. The van der Waals surface area contributed by atoms with Gasteiger partial charge in [-0.2, -0.15) is 0 Å². The molecule has 0 saturated heterocycles. The molecule has 1 heterocycles. The Morgan fingerprint density at radius 2 is 1.58 bits per heavy atom. The van der Waals surface area contributed by atoms with Gasteiger partial charge in [-0.05, 0) is 74.4 Å². The fourth-order valence-electron chi connectivity index (χ4n) is 4.38. The first-order valence-electron chi connectivity index (χ1n) is 16.5. The third-order valence-electron chi connectivity index (χ3n) is 9.67. The number of ether oxygens (including phenoxy) is 2. The molecule has 1 unspecified atom stereocenters. The molecule has 1 rings (SSSR count). The van der Waals surface area contributed by atoms with Crippen molar-refractivity contribution < 1.29 is 27.5 Å².